The molecule has 0 aromatic heterocycles. The van der Waals surface area contributed by atoms with Crippen LogP contribution in [0.25, 0.3) is 0 Å². The minimum absolute atomic E-state index is 0.345. The summed E-state index contributed by atoms with van der Waals surface area (Å²) < 4.78 is 17.9. The van der Waals surface area contributed by atoms with E-state index >= 15 is 0 Å². The largest absolute Gasteiger partial charge is 0.488 e. The molecule has 174 valence electrons. The molecule has 2 heterocycles. The van der Waals surface area contributed by atoms with Gasteiger partial charge in [-0.05, 0) is 36.4 Å². The van der Waals surface area contributed by atoms with Crippen LogP contribution in [-0.2, 0) is 4.74 Å². The predicted molar refractivity (Wildman–Crippen MR) is 127 cm³/mol. The number of amides is 1. The highest BCUT2D eigenvalue weighted by Crippen LogP contribution is 2.43. The van der Waals surface area contributed by atoms with Crippen molar-refractivity contribution in [2.24, 2.45) is 4.99 Å². The van der Waals surface area contributed by atoms with Crippen molar-refractivity contribution in [3.63, 3.8) is 0 Å². The Bertz CT molecular complexity index is 1200. The van der Waals surface area contributed by atoms with E-state index in [0.29, 0.717) is 40.8 Å². The van der Waals surface area contributed by atoms with E-state index < -0.39 is 5.91 Å². The topological polar surface area (TPSA) is 92.6 Å². The van der Waals surface area contributed by atoms with Crippen LogP contribution in [0.3, 0.4) is 0 Å². The van der Waals surface area contributed by atoms with E-state index in [9.17, 15) is 4.79 Å². The van der Waals surface area contributed by atoms with Crippen LogP contribution < -0.4 is 15.0 Å². The van der Waals surface area contributed by atoms with Crippen molar-refractivity contribution < 1.29 is 24.2 Å². The molecule has 0 aliphatic carbocycles. The Morgan fingerprint density at radius 2 is 1.82 bits per heavy atom. The molecule has 2 aliphatic rings. The molecule has 5 rings (SSSR count). The Morgan fingerprint density at radius 1 is 1.03 bits per heavy atom. The number of hydrogen-bond acceptors (Lipinski definition) is 7. The Labute approximate surface area is 197 Å². The van der Waals surface area contributed by atoms with Gasteiger partial charge in [0.1, 0.15) is 12.3 Å². The van der Waals surface area contributed by atoms with Gasteiger partial charge in [-0.15, -0.1) is 0 Å². The molecule has 3 aromatic rings. The summed E-state index contributed by atoms with van der Waals surface area (Å²) in [5.74, 6) is 1.32. The third-order valence-electron chi connectivity index (χ3n) is 5.83. The molecule has 8 heteroatoms. The number of para-hydroxylation sites is 3. The van der Waals surface area contributed by atoms with Gasteiger partial charge in [0.05, 0.1) is 18.9 Å². The highest BCUT2D eigenvalue weighted by molar-refractivity contribution is 6.16. The number of rotatable bonds is 6. The van der Waals surface area contributed by atoms with Crippen LogP contribution in [0, 0.1) is 0 Å². The van der Waals surface area contributed by atoms with Crippen molar-refractivity contribution in [3.8, 4) is 17.2 Å². The zero-order valence-corrected chi connectivity index (χ0v) is 18.6. The van der Waals surface area contributed by atoms with Crippen molar-refractivity contribution in [3.05, 3.63) is 83.4 Å². The molecule has 2 N–H and O–H groups in total. The number of hydroxylamine groups is 1. The molecule has 2 aliphatic heterocycles. The van der Waals surface area contributed by atoms with Crippen LogP contribution in [0.4, 0.5) is 5.69 Å². The number of nitrogens with zero attached hydrogens (tertiary/aromatic N) is 2. The molecule has 3 aromatic carbocycles. The molecule has 0 saturated carbocycles. The summed E-state index contributed by atoms with van der Waals surface area (Å²) in [6, 6.07) is 20.2. The summed E-state index contributed by atoms with van der Waals surface area (Å²) in [5.41, 5.74) is 5.00. The standard InChI is InChI=1S/C26H25N3O5/c30-26(28-31)19-10-8-18(9-11-19)24-20-4-3-7-23(33-17-14-29-12-15-32-16-13-29)25(20)34-22-6-2-1-5-21(22)27-24/h1-11,31H,12-17H2,(H,28,30). The van der Waals surface area contributed by atoms with E-state index in [4.69, 9.17) is 24.4 Å². The van der Waals surface area contributed by atoms with Crippen LogP contribution in [0.2, 0.25) is 0 Å². The fraction of sp³-hybridized carbons (Fsp3) is 0.231. The average molecular weight is 460 g/mol. The molecule has 8 nitrogen and oxygen atoms in total. The van der Waals surface area contributed by atoms with Gasteiger partial charge in [0.15, 0.2) is 17.2 Å². The summed E-state index contributed by atoms with van der Waals surface area (Å²) in [6.45, 7) is 4.64. The van der Waals surface area contributed by atoms with Gasteiger partial charge in [-0.3, -0.25) is 14.9 Å². The molecule has 1 saturated heterocycles. The first-order valence-electron chi connectivity index (χ1n) is 11.2. The van der Waals surface area contributed by atoms with Crippen molar-refractivity contribution in [2.75, 3.05) is 39.5 Å². The number of carbonyl (C=O) groups excluding carboxylic acids is 1. The first-order valence-corrected chi connectivity index (χ1v) is 11.2. The summed E-state index contributed by atoms with van der Waals surface area (Å²) in [7, 11) is 0. The maximum atomic E-state index is 11.7. The zero-order valence-electron chi connectivity index (χ0n) is 18.6. The number of morpholine rings is 1. The third kappa shape index (κ3) is 4.65. The lowest BCUT2D eigenvalue weighted by Gasteiger charge is -2.26. The molecule has 1 fully saturated rings. The second-order valence-electron chi connectivity index (χ2n) is 7.98. The van der Waals surface area contributed by atoms with Crippen LogP contribution in [0.15, 0.2) is 71.7 Å². The first kappa shape index (κ1) is 22.1. The Kier molecular flexibility index (Phi) is 6.53. The maximum Gasteiger partial charge on any atom is 0.274 e. The van der Waals surface area contributed by atoms with E-state index in [0.717, 1.165) is 44.0 Å². The smallest absolute Gasteiger partial charge is 0.274 e. The third-order valence-corrected chi connectivity index (χ3v) is 5.83. The number of benzene rings is 3. The van der Waals surface area contributed by atoms with Gasteiger partial charge in [0.25, 0.3) is 5.91 Å². The first-order chi connectivity index (χ1) is 16.7. The maximum absolute atomic E-state index is 11.7. The number of fused-ring (bicyclic) bond motifs is 2. The molecule has 0 radical (unpaired) electrons. The van der Waals surface area contributed by atoms with Crippen LogP contribution in [-0.4, -0.2) is 61.2 Å². The van der Waals surface area contributed by atoms with Gasteiger partial charge in [-0.1, -0.05) is 30.3 Å². The van der Waals surface area contributed by atoms with E-state index in [1.54, 1.807) is 29.7 Å². The summed E-state index contributed by atoms with van der Waals surface area (Å²) in [6.07, 6.45) is 0. The molecule has 0 atom stereocenters. The molecular formula is C26H25N3O5. The Balaban J connectivity index is 1.48. The monoisotopic (exact) mass is 459 g/mol. The fourth-order valence-corrected chi connectivity index (χ4v) is 4.02. The second kappa shape index (κ2) is 10.0. The molecular weight excluding hydrogens is 434 g/mol. The minimum atomic E-state index is -0.570. The minimum Gasteiger partial charge on any atom is -0.488 e. The van der Waals surface area contributed by atoms with E-state index in [1.807, 2.05) is 42.5 Å². The van der Waals surface area contributed by atoms with Gasteiger partial charge in [-0.2, -0.15) is 0 Å². The average Bonchev–Trinajstić information content (AvgIpc) is 3.06. The Morgan fingerprint density at radius 3 is 2.62 bits per heavy atom. The van der Waals surface area contributed by atoms with Crippen molar-refractivity contribution >= 4 is 17.3 Å². The van der Waals surface area contributed by atoms with Gasteiger partial charge in [0, 0.05) is 36.3 Å². The SMILES string of the molecule is O=C(NO)c1ccc(C2=Nc3ccccc3Oc3c(OCCN4CCOCC4)cccc32)cc1. The van der Waals surface area contributed by atoms with Gasteiger partial charge in [0.2, 0.25) is 0 Å². The summed E-state index contributed by atoms with van der Waals surface area (Å²) >= 11 is 0. The molecule has 34 heavy (non-hydrogen) atoms. The normalized spacial score (nSPS) is 15.3. The number of aliphatic imine (C=N–C) groups is 1. The number of nitrogens with one attached hydrogen (secondary N) is 1. The summed E-state index contributed by atoms with van der Waals surface area (Å²) in [4.78, 5) is 19.0. The van der Waals surface area contributed by atoms with Crippen molar-refractivity contribution in [1.29, 1.82) is 0 Å². The molecule has 0 bridgehead atoms. The highest BCUT2D eigenvalue weighted by Gasteiger charge is 2.23. The fourth-order valence-electron chi connectivity index (χ4n) is 4.02. The van der Waals surface area contributed by atoms with E-state index in [1.165, 1.54) is 0 Å². The number of carbonyl (C=O) groups is 1. The van der Waals surface area contributed by atoms with Crippen LogP contribution >= 0.6 is 0 Å². The van der Waals surface area contributed by atoms with Crippen molar-refractivity contribution in [2.45, 2.75) is 0 Å². The van der Waals surface area contributed by atoms with Gasteiger partial charge in [-0.25, -0.2) is 10.5 Å². The summed E-state index contributed by atoms with van der Waals surface area (Å²) in [5, 5.41) is 8.90. The lowest BCUT2D eigenvalue weighted by molar-refractivity contribution is 0.0321. The zero-order chi connectivity index (χ0) is 23.3. The van der Waals surface area contributed by atoms with E-state index in [-0.39, 0.29) is 0 Å². The molecule has 0 spiro atoms. The predicted octanol–water partition coefficient (Wildman–Crippen LogP) is 3.79. The highest BCUT2D eigenvalue weighted by atomic mass is 16.5. The van der Waals surface area contributed by atoms with Crippen LogP contribution in [0.1, 0.15) is 21.5 Å². The molecule has 1 amide bonds. The van der Waals surface area contributed by atoms with Gasteiger partial charge < -0.3 is 14.2 Å². The van der Waals surface area contributed by atoms with Crippen LogP contribution in [0.5, 0.6) is 17.2 Å². The lowest BCUT2D eigenvalue weighted by atomic mass is 9.99. The lowest BCUT2D eigenvalue weighted by Crippen LogP contribution is -2.38. The van der Waals surface area contributed by atoms with Crippen molar-refractivity contribution in [1.82, 2.24) is 10.4 Å². The van der Waals surface area contributed by atoms with Gasteiger partial charge >= 0.3 is 0 Å². The quantitative estimate of drug-likeness (QED) is 0.337. The van der Waals surface area contributed by atoms with E-state index in [2.05, 4.69) is 4.90 Å². The second-order valence-corrected chi connectivity index (χ2v) is 7.98. The number of ether oxygens (including phenoxy) is 3. The molecule has 0 unspecified atom stereocenters. The Hall–Kier alpha value is -3.72. The number of hydrogen-bond donors (Lipinski definition) is 2.